The van der Waals surface area contributed by atoms with Crippen LogP contribution in [0.1, 0.15) is 36.6 Å². The highest BCUT2D eigenvalue weighted by molar-refractivity contribution is 5.83. The van der Waals surface area contributed by atoms with Gasteiger partial charge < -0.3 is 14.1 Å². The van der Waals surface area contributed by atoms with Crippen LogP contribution in [0.3, 0.4) is 0 Å². The Morgan fingerprint density at radius 2 is 1.94 bits per heavy atom. The first-order chi connectivity index (χ1) is 16.2. The molecular formula is C25H26N4O4. The van der Waals surface area contributed by atoms with Crippen LogP contribution in [0.5, 0.6) is 0 Å². The molecule has 8 heteroatoms. The summed E-state index contributed by atoms with van der Waals surface area (Å²) in [5.41, 5.74) is 2.52. The number of ether oxygens (including phenoxy) is 1. The van der Waals surface area contributed by atoms with Gasteiger partial charge in [-0.2, -0.15) is 5.10 Å². The number of benzene rings is 2. The summed E-state index contributed by atoms with van der Waals surface area (Å²) < 4.78 is 11.6. The summed E-state index contributed by atoms with van der Waals surface area (Å²) in [6, 6.07) is 13.4. The second-order valence-corrected chi connectivity index (χ2v) is 8.36. The van der Waals surface area contributed by atoms with Crippen LogP contribution in [-0.4, -0.2) is 52.3 Å². The lowest BCUT2D eigenvalue weighted by Gasteiger charge is -2.30. The SMILES string of the molecule is O=C(CCOCCc1cccc2c(=O)[nH]ncc12)N1CCC(c2nc3ccccc3o2)CC1. The third-order valence-electron chi connectivity index (χ3n) is 6.28. The lowest BCUT2D eigenvalue weighted by molar-refractivity contribution is -0.133. The molecule has 0 radical (unpaired) electrons. The monoisotopic (exact) mass is 446 g/mol. The predicted octanol–water partition coefficient (Wildman–Crippen LogP) is 3.42. The number of amides is 1. The van der Waals surface area contributed by atoms with Crippen molar-refractivity contribution in [1.82, 2.24) is 20.1 Å². The number of aromatic nitrogens is 3. The van der Waals surface area contributed by atoms with Crippen LogP contribution in [0.15, 0.2) is 57.9 Å². The van der Waals surface area contributed by atoms with Gasteiger partial charge in [0.25, 0.3) is 5.56 Å². The van der Waals surface area contributed by atoms with Gasteiger partial charge in [-0.1, -0.05) is 24.3 Å². The van der Waals surface area contributed by atoms with E-state index in [2.05, 4.69) is 15.2 Å². The van der Waals surface area contributed by atoms with Crippen LogP contribution < -0.4 is 5.56 Å². The summed E-state index contributed by atoms with van der Waals surface area (Å²) in [5, 5.41) is 7.80. The number of hydrogen-bond donors (Lipinski definition) is 1. The number of para-hydroxylation sites is 2. The van der Waals surface area contributed by atoms with Crippen molar-refractivity contribution in [2.24, 2.45) is 0 Å². The third kappa shape index (κ3) is 4.66. The van der Waals surface area contributed by atoms with Crippen LogP contribution in [0, 0.1) is 0 Å². The molecule has 1 fully saturated rings. The van der Waals surface area contributed by atoms with Crippen molar-refractivity contribution in [3.8, 4) is 0 Å². The van der Waals surface area contributed by atoms with Gasteiger partial charge in [0, 0.05) is 24.4 Å². The molecule has 33 heavy (non-hydrogen) atoms. The summed E-state index contributed by atoms with van der Waals surface area (Å²) in [4.78, 5) is 31.0. The molecule has 2 aromatic heterocycles. The number of likely N-dealkylation sites (tertiary alicyclic amines) is 1. The number of oxazole rings is 1. The van der Waals surface area contributed by atoms with E-state index in [9.17, 15) is 9.59 Å². The van der Waals surface area contributed by atoms with E-state index in [0.29, 0.717) is 44.5 Å². The van der Waals surface area contributed by atoms with Gasteiger partial charge in [-0.15, -0.1) is 0 Å². The molecule has 1 aliphatic rings. The van der Waals surface area contributed by atoms with Crippen molar-refractivity contribution in [1.29, 1.82) is 0 Å². The largest absolute Gasteiger partial charge is 0.440 e. The lowest BCUT2D eigenvalue weighted by atomic mass is 9.96. The minimum absolute atomic E-state index is 0.118. The van der Waals surface area contributed by atoms with Crippen LogP contribution >= 0.6 is 0 Å². The second-order valence-electron chi connectivity index (χ2n) is 8.36. The molecule has 1 aliphatic heterocycles. The standard InChI is InChI=1S/C25H26N4O4/c30-23(11-15-32-14-10-17-4-3-5-19-20(17)16-26-28-24(19)31)29-12-8-18(9-13-29)25-27-21-6-1-2-7-22(21)33-25/h1-7,16,18H,8-15H2,(H,28,31). The van der Waals surface area contributed by atoms with Crippen LogP contribution in [0.2, 0.25) is 0 Å². The van der Waals surface area contributed by atoms with Gasteiger partial charge in [-0.3, -0.25) is 9.59 Å². The van der Waals surface area contributed by atoms with Gasteiger partial charge >= 0.3 is 0 Å². The Morgan fingerprint density at radius 1 is 1.09 bits per heavy atom. The molecule has 8 nitrogen and oxygen atoms in total. The minimum atomic E-state index is -0.194. The van der Waals surface area contributed by atoms with Gasteiger partial charge in [-0.25, -0.2) is 10.1 Å². The van der Waals surface area contributed by atoms with E-state index in [1.54, 1.807) is 12.3 Å². The zero-order valence-corrected chi connectivity index (χ0v) is 18.3. The predicted molar refractivity (Wildman–Crippen MR) is 124 cm³/mol. The maximum Gasteiger partial charge on any atom is 0.272 e. The Labute approximate surface area is 190 Å². The molecule has 4 aromatic rings. The van der Waals surface area contributed by atoms with Gasteiger partial charge in [0.05, 0.1) is 31.2 Å². The molecule has 0 unspecified atom stereocenters. The number of fused-ring (bicyclic) bond motifs is 2. The molecule has 1 amide bonds. The Bertz CT molecular complexity index is 1290. The molecule has 170 valence electrons. The van der Waals surface area contributed by atoms with Crippen LogP contribution in [-0.2, 0) is 16.0 Å². The Hall–Kier alpha value is -3.52. The van der Waals surface area contributed by atoms with Crippen molar-refractivity contribution in [2.75, 3.05) is 26.3 Å². The van der Waals surface area contributed by atoms with Crippen molar-refractivity contribution in [3.63, 3.8) is 0 Å². The minimum Gasteiger partial charge on any atom is -0.440 e. The Kier molecular flexibility index (Phi) is 6.17. The van der Waals surface area contributed by atoms with Gasteiger partial charge in [-0.05, 0) is 43.0 Å². The number of carbonyl (C=O) groups is 1. The number of piperidine rings is 1. The molecule has 0 atom stereocenters. The van der Waals surface area contributed by atoms with E-state index in [-0.39, 0.29) is 17.4 Å². The first-order valence-corrected chi connectivity index (χ1v) is 11.4. The van der Waals surface area contributed by atoms with E-state index in [4.69, 9.17) is 9.15 Å². The van der Waals surface area contributed by atoms with E-state index in [0.717, 1.165) is 40.8 Å². The van der Waals surface area contributed by atoms with Crippen molar-refractivity contribution in [3.05, 3.63) is 70.5 Å². The third-order valence-corrected chi connectivity index (χ3v) is 6.28. The molecule has 2 aromatic carbocycles. The van der Waals surface area contributed by atoms with E-state index < -0.39 is 0 Å². The van der Waals surface area contributed by atoms with Crippen molar-refractivity contribution < 1.29 is 13.9 Å². The smallest absolute Gasteiger partial charge is 0.272 e. The first-order valence-electron chi connectivity index (χ1n) is 11.4. The zero-order chi connectivity index (χ0) is 22.6. The average molecular weight is 447 g/mol. The highest BCUT2D eigenvalue weighted by Crippen LogP contribution is 2.30. The number of nitrogens with zero attached hydrogens (tertiary/aromatic N) is 3. The fourth-order valence-electron chi connectivity index (χ4n) is 4.44. The Balaban J connectivity index is 1.06. The van der Waals surface area contributed by atoms with Crippen molar-refractivity contribution in [2.45, 2.75) is 31.6 Å². The number of carbonyl (C=O) groups excluding carboxylic acids is 1. The number of H-pyrrole nitrogens is 1. The van der Waals surface area contributed by atoms with Gasteiger partial charge in [0.2, 0.25) is 5.91 Å². The topological polar surface area (TPSA) is 101 Å². The fourth-order valence-corrected chi connectivity index (χ4v) is 4.44. The molecule has 1 saturated heterocycles. The Morgan fingerprint density at radius 3 is 2.79 bits per heavy atom. The first kappa shape index (κ1) is 21.3. The van der Waals surface area contributed by atoms with E-state index >= 15 is 0 Å². The molecule has 0 saturated carbocycles. The number of aromatic amines is 1. The summed E-state index contributed by atoms with van der Waals surface area (Å²) in [7, 11) is 0. The summed E-state index contributed by atoms with van der Waals surface area (Å²) >= 11 is 0. The summed E-state index contributed by atoms with van der Waals surface area (Å²) in [5.74, 6) is 1.14. The average Bonchev–Trinajstić information content (AvgIpc) is 3.29. The summed E-state index contributed by atoms with van der Waals surface area (Å²) in [6.07, 6.45) is 4.40. The van der Waals surface area contributed by atoms with Crippen LogP contribution in [0.25, 0.3) is 21.9 Å². The second kappa shape index (κ2) is 9.54. The zero-order valence-electron chi connectivity index (χ0n) is 18.3. The molecule has 5 rings (SSSR count). The van der Waals surface area contributed by atoms with Gasteiger partial charge in [0.1, 0.15) is 5.52 Å². The molecule has 0 bridgehead atoms. The number of nitrogens with one attached hydrogen (secondary N) is 1. The van der Waals surface area contributed by atoms with Crippen molar-refractivity contribution >= 4 is 27.8 Å². The molecule has 0 spiro atoms. The molecule has 0 aliphatic carbocycles. The highest BCUT2D eigenvalue weighted by atomic mass is 16.5. The van der Waals surface area contributed by atoms with E-state index in [1.165, 1.54) is 0 Å². The normalized spacial score (nSPS) is 14.8. The number of rotatable bonds is 7. The maximum atomic E-state index is 12.6. The fraction of sp³-hybridized carbons (Fsp3) is 0.360. The lowest BCUT2D eigenvalue weighted by Crippen LogP contribution is -2.38. The van der Waals surface area contributed by atoms with Gasteiger partial charge in [0.15, 0.2) is 11.5 Å². The molecule has 3 heterocycles. The van der Waals surface area contributed by atoms with Crippen LogP contribution in [0.4, 0.5) is 0 Å². The summed E-state index contributed by atoms with van der Waals surface area (Å²) in [6.45, 7) is 2.28. The maximum absolute atomic E-state index is 12.6. The van der Waals surface area contributed by atoms with E-state index in [1.807, 2.05) is 41.3 Å². The molecular weight excluding hydrogens is 420 g/mol. The quantitative estimate of drug-likeness (QED) is 0.437. The molecule has 1 N–H and O–H groups in total. The highest BCUT2D eigenvalue weighted by Gasteiger charge is 2.26. The number of hydrogen-bond acceptors (Lipinski definition) is 6.